The van der Waals surface area contributed by atoms with E-state index in [4.69, 9.17) is 11.6 Å². The topological polar surface area (TPSA) is 45.2 Å². The Morgan fingerprint density at radius 3 is 2.61 bits per heavy atom. The zero-order valence-electron chi connectivity index (χ0n) is 16.8. The zero-order chi connectivity index (χ0) is 19.9. The van der Waals surface area contributed by atoms with Crippen molar-refractivity contribution >= 4 is 17.5 Å². The highest BCUT2D eigenvalue weighted by Gasteiger charge is 2.24. The van der Waals surface area contributed by atoms with Crippen LogP contribution in [-0.2, 0) is 11.2 Å². The predicted octanol–water partition coefficient (Wildman–Crippen LogP) is 4.30. The van der Waals surface area contributed by atoms with E-state index >= 15 is 0 Å². The van der Waals surface area contributed by atoms with Crippen molar-refractivity contribution in [2.75, 3.05) is 19.6 Å². The van der Waals surface area contributed by atoms with Gasteiger partial charge in [0.05, 0.1) is 5.92 Å². The summed E-state index contributed by atoms with van der Waals surface area (Å²) in [5.74, 6) is 0.616. The minimum atomic E-state index is -0.255. The number of nitrogens with one attached hydrogen (secondary N) is 1. The number of hydrogen-bond acceptors (Lipinski definition) is 3. The molecule has 1 aromatic heterocycles. The first kappa shape index (κ1) is 20.8. The van der Waals surface area contributed by atoms with Crippen LogP contribution in [0.4, 0.5) is 0 Å². The Balaban J connectivity index is 1.65. The van der Waals surface area contributed by atoms with Crippen molar-refractivity contribution in [1.82, 2.24) is 15.2 Å². The van der Waals surface area contributed by atoms with Gasteiger partial charge < -0.3 is 5.32 Å². The average Bonchev–Trinajstić information content (AvgIpc) is 2.72. The quantitative estimate of drug-likeness (QED) is 0.755. The summed E-state index contributed by atoms with van der Waals surface area (Å²) in [4.78, 5) is 19.8. The molecule has 1 aliphatic heterocycles. The molecule has 2 atom stereocenters. The summed E-state index contributed by atoms with van der Waals surface area (Å²) in [5.41, 5.74) is 2.03. The van der Waals surface area contributed by atoms with Crippen LogP contribution in [0.1, 0.15) is 43.7 Å². The number of nitrogens with zero attached hydrogens (tertiary/aromatic N) is 2. The highest BCUT2D eigenvalue weighted by Crippen LogP contribution is 2.23. The predicted molar refractivity (Wildman–Crippen MR) is 115 cm³/mol. The van der Waals surface area contributed by atoms with Crippen LogP contribution in [0.5, 0.6) is 0 Å². The van der Waals surface area contributed by atoms with Crippen molar-refractivity contribution in [2.24, 2.45) is 5.92 Å². The Morgan fingerprint density at radius 1 is 1.25 bits per heavy atom. The highest BCUT2D eigenvalue weighted by molar-refractivity contribution is 6.30. The van der Waals surface area contributed by atoms with E-state index in [-0.39, 0.29) is 11.8 Å². The van der Waals surface area contributed by atoms with Crippen LogP contribution in [0.15, 0.2) is 48.8 Å². The Bertz CT molecular complexity index is 742. The molecule has 0 spiro atoms. The molecule has 5 heteroatoms. The maximum Gasteiger partial charge on any atom is 0.227 e. The average molecular weight is 400 g/mol. The number of pyridine rings is 1. The van der Waals surface area contributed by atoms with Gasteiger partial charge in [-0.2, -0.15) is 0 Å². The van der Waals surface area contributed by atoms with Gasteiger partial charge in [0, 0.05) is 30.0 Å². The third-order valence-electron chi connectivity index (χ3n) is 5.76. The normalized spacial score (nSPS) is 17.8. The zero-order valence-corrected chi connectivity index (χ0v) is 17.5. The van der Waals surface area contributed by atoms with Gasteiger partial charge in [-0.15, -0.1) is 0 Å². The van der Waals surface area contributed by atoms with E-state index in [9.17, 15) is 4.79 Å². The maximum absolute atomic E-state index is 13.1. The maximum atomic E-state index is 13.1. The SMILES string of the molecule is CC1CCN(C(C)CNC(=O)C(Cc2cccnc2)c2ccc(Cl)cc2)CC1. The fraction of sp³-hybridized carbons (Fsp3) is 0.478. The first-order chi connectivity index (χ1) is 13.5. The van der Waals surface area contributed by atoms with Gasteiger partial charge in [-0.25, -0.2) is 0 Å². The summed E-state index contributed by atoms with van der Waals surface area (Å²) in [6, 6.07) is 11.8. The first-order valence-corrected chi connectivity index (χ1v) is 10.6. The summed E-state index contributed by atoms with van der Waals surface area (Å²) in [6.45, 7) is 7.43. The molecule has 28 heavy (non-hydrogen) atoms. The van der Waals surface area contributed by atoms with Crippen LogP contribution in [-0.4, -0.2) is 41.5 Å². The molecule has 2 aromatic rings. The third-order valence-corrected chi connectivity index (χ3v) is 6.02. The van der Waals surface area contributed by atoms with Crippen molar-refractivity contribution < 1.29 is 4.79 Å². The smallest absolute Gasteiger partial charge is 0.227 e. The van der Waals surface area contributed by atoms with Crippen LogP contribution >= 0.6 is 11.6 Å². The van der Waals surface area contributed by atoms with Crippen LogP contribution < -0.4 is 5.32 Å². The molecule has 0 saturated carbocycles. The van der Waals surface area contributed by atoms with Gasteiger partial charge >= 0.3 is 0 Å². The number of halogens is 1. The Labute approximate surface area is 173 Å². The van der Waals surface area contributed by atoms with E-state index < -0.39 is 0 Å². The molecule has 150 valence electrons. The number of rotatable bonds is 7. The molecule has 1 amide bonds. The van der Waals surface area contributed by atoms with Gasteiger partial charge in [0.1, 0.15) is 0 Å². The Morgan fingerprint density at radius 2 is 1.96 bits per heavy atom. The number of likely N-dealkylation sites (tertiary alicyclic amines) is 1. The lowest BCUT2D eigenvalue weighted by atomic mass is 9.91. The summed E-state index contributed by atoms with van der Waals surface area (Å²) in [7, 11) is 0. The van der Waals surface area contributed by atoms with Crippen molar-refractivity contribution in [3.63, 3.8) is 0 Å². The van der Waals surface area contributed by atoms with Gasteiger partial charge in [-0.3, -0.25) is 14.7 Å². The fourth-order valence-electron chi connectivity index (χ4n) is 3.78. The van der Waals surface area contributed by atoms with Crippen molar-refractivity contribution in [3.8, 4) is 0 Å². The van der Waals surface area contributed by atoms with Crippen molar-refractivity contribution in [3.05, 3.63) is 64.9 Å². The van der Waals surface area contributed by atoms with E-state index in [1.165, 1.54) is 12.8 Å². The Hall–Kier alpha value is -1.91. The standard InChI is InChI=1S/C23H30ClN3O/c1-17-9-12-27(13-10-17)18(2)15-26-23(28)22(14-19-4-3-11-25-16-19)20-5-7-21(24)8-6-20/h3-8,11,16-18,22H,9-10,12-15H2,1-2H3,(H,26,28). The molecule has 0 bridgehead atoms. The van der Waals surface area contributed by atoms with E-state index in [2.05, 4.69) is 29.0 Å². The summed E-state index contributed by atoms with van der Waals surface area (Å²) >= 11 is 6.04. The van der Waals surface area contributed by atoms with E-state index in [0.717, 1.165) is 30.1 Å². The molecule has 3 rings (SSSR count). The number of carbonyl (C=O) groups is 1. The van der Waals surface area contributed by atoms with E-state index in [1.54, 1.807) is 6.20 Å². The molecular weight excluding hydrogens is 370 g/mol. The summed E-state index contributed by atoms with van der Waals surface area (Å²) in [6.07, 6.45) is 6.69. The van der Waals surface area contributed by atoms with Gasteiger partial charge in [0.15, 0.2) is 0 Å². The minimum absolute atomic E-state index is 0.0587. The second-order valence-corrected chi connectivity index (χ2v) is 8.42. The molecule has 2 heterocycles. The number of carbonyl (C=O) groups excluding carboxylic acids is 1. The van der Waals surface area contributed by atoms with E-state index in [1.807, 2.05) is 42.6 Å². The molecule has 4 nitrogen and oxygen atoms in total. The molecule has 1 saturated heterocycles. The lowest BCUT2D eigenvalue weighted by molar-refractivity contribution is -0.122. The van der Waals surface area contributed by atoms with Gasteiger partial charge in [-0.05, 0) is 74.5 Å². The number of benzene rings is 1. The minimum Gasteiger partial charge on any atom is -0.354 e. The third kappa shape index (κ3) is 5.79. The molecular formula is C23H30ClN3O. The highest BCUT2D eigenvalue weighted by atomic mass is 35.5. The van der Waals surface area contributed by atoms with Gasteiger partial charge in [-0.1, -0.05) is 36.7 Å². The summed E-state index contributed by atoms with van der Waals surface area (Å²) in [5, 5.41) is 3.87. The van der Waals surface area contributed by atoms with E-state index in [0.29, 0.717) is 24.0 Å². The molecule has 1 N–H and O–H groups in total. The molecule has 1 fully saturated rings. The van der Waals surface area contributed by atoms with Crippen LogP contribution in [0, 0.1) is 5.92 Å². The second kappa shape index (κ2) is 10.0. The van der Waals surface area contributed by atoms with Crippen LogP contribution in [0.25, 0.3) is 0 Å². The van der Waals surface area contributed by atoms with Crippen molar-refractivity contribution in [2.45, 2.75) is 45.1 Å². The Kier molecular flexibility index (Phi) is 7.46. The molecule has 2 unspecified atom stereocenters. The molecule has 1 aliphatic rings. The lowest BCUT2D eigenvalue weighted by Gasteiger charge is -2.35. The second-order valence-electron chi connectivity index (χ2n) is 7.98. The monoisotopic (exact) mass is 399 g/mol. The van der Waals surface area contributed by atoms with Gasteiger partial charge in [0.25, 0.3) is 0 Å². The van der Waals surface area contributed by atoms with Gasteiger partial charge in [0.2, 0.25) is 5.91 Å². The van der Waals surface area contributed by atoms with Crippen LogP contribution in [0.2, 0.25) is 5.02 Å². The number of piperidine rings is 1. The van der Waals surface area contributed by atoms with Crippen molar-refractivity contribution in [1.29, 1.82) is 0 Å². The molecule has 0 radical (unpaired) electrons. The summed E-state index contributed by atoms with van der Waals surface area (Å²) < 4.78 is 0. The first-order valence-electron chi connectivity index (χ1n) is 10.2. The molecule has 1 aromatic carbocycles. The number of amides is 1. The lowest BCUT2D eigenvalue weighted by Crippen LogP contribution is -2.46. The molecule has 0 aliphatic carbocycles. The fourth-order valence-corrected chi connectivity index (χ4v) is 3.91. The largest absolute Gasteiger partial charge is 0.354 e. The number of aromatic nitrogens is 1. The van der Waals surface area contributed by atoms with Crippen LogP contribution in [0.3, 0.4) is 0 Å². The number of hydrogen-bond donors (Lipinski definition) is 1.